The van der Waals surface area contributed by atoms with Crippen molar-refractivity contribution in [2.75, 3.05) is 0 Å². The van der Waals surface area contributed by atoms with Crippen LogP contribution in [0.15, 0.2) is 255 Å². The van der Waals surface area contributed by atoms with E-state index in [0.717, 1.165) is 33.4 Å². The number of ether oxygens (including phenoxy) is 4. The zero-order chi connectivity index (χ0) is 53.5. The minimum Gasteiger partial charge on any atom is -0.489 e. The summed E-state index contributed by atoms with van der Waals surface area (Å²) in [4.78, 5) is 52.4. The van der Waals surface area contributed by atoms with Crippen molar-refractivity contribution < 1.29 is 38.1 Å². The van der Waals surface area contributed by atoms with Gasteiger partial charge in [-0.2, -0.15) is 0 Å². The van der Waals surface area contributed by atoms with Gasteiger partial charge in [0, 0.05) is 56.6 Å². The number of rotatable bonds is 22. The van der Waals surface area contributed by atoms with Gasteiger partial charge in [0.1, 0.15) is 49.4 Å². The first-order valence-electron chi connectivity index (χ1n) is 25.5. The Balaban J connectivity index is 0.891. The van der Waals surface area contributed by atoms with Gasteiger partial charge < -0.3 is 18.9 Å². The molecule has 0 aliphatic heterocycles. The second kappa shape index (κ2) is 24.9. The molecule has 10 aromatic carbocycles. The summed E-state index contributed by atoms with van der Waals surface area (Å²) in [6, 6.07) is 77.8. The summed E-state index contributed by atoms with van der Waals surface area (Å²) in [5.74, 6) is 2.05. The number of ketones is 4. The third-order valence-corrected chi connectivity index (χ3v) is 12.9. The highest BCUT2D eigenvalue weighted by Crippen LogP contribution is 2.30. The molecule has 0 aromatic heterocycles. The molecule has 8 nitrogen and oxygen atoms in total. The highest BCUT2D eigenvalue weighted by molar-refractivity contribution is 6.10. The quantitative estimate of drug-likeness (QED) is 0.0488. The molecule has 78 heavy (non-hydrogen) atoms. The van der Waals surface area contributed by atoms with E-state index in [-0.39, 0.29) is 49.6 Å². The predicted molar refractivity (Wildman–Crippen MR) is 304 cm³/mol. The molecule has 0 unspecified atom stereocenters. The molecule has 10 rings (SSSR count). The van der Waals surface area contributed by atoms with Crippen LogP contribution >= 0.6 is 0 Å². The van der Waals surface area contributed by atoms with Crippen LogP contribution in [0.2, 0.25) is 0 Å². The van der Waals surface area contributed by atoms with E-state index in [1.54, 1.807) is 48.5 Å². The number of benzene rings is 10. The fourth-order valence-corrected chi connectivity index (χ4v) is 8.61. The lowest BCUT2D eigenvalue weighted by Crippen LogP contribution is -2.03. The predicted octanol–water partition coefficient (Wildman–Crippen LogP) is 15.1. The number of hydrogen-bond acceptors (Lipinski definition) is 8. The highest BCUT2D eigenvalue weighted by Gasteiger charge is 2.14. The SMILES string of the molecule is O=C(c1ccccc1)c1ccc(COc2cc(/C=C\c3cc(OCc4ccc(C(=O)c5ccccc5)cc4)cc(OCc4ccc(C(=O)c5ccccc5)cc4)c3)cc(OCc3ccc(C(=O)c4ccccc4)cc3)c2)cc1. The van der Waals surface area contributed by atoms with E-state index in [9.17, 15) is 19.2 Å². The van der Waals surface area contributed by atoms with Crippen molar-refractivity contribution in [3.8, 4) is 23.0 Å². The molecular formula is C70H52O8. The van der Waals surface area contributed by atoms with Crippen molar-refractivity contribution in [1.29, 1.82) is 0 Å². The molecule has 0 bridgehead atoms. The van der Waals surface area contributed by atoms with Crippen LogP contribution in [0.3, 0.4) is 0 Å². The Hall–Kier alpha value is -10.2. The monoisotopic (exact) mass is 1020 g/mol. The Labute approximate surface area is 453 Å². The molecule has 0 aliphatic carbocycles. The van der Waals surface area contributed by atoms with Gasteiger partial charge in [0.2, 0.25) is 0 Å². The summed E-state index contributed by atoms with van der Waals surface area (Å²) >= 11 is 0. The third kappa shape index (κ3) is 13.6. The molecule has 380 valence electrons. The lowest BCUT2D eigenvalue weighted by molar-refractivity contribution is 0.103. The van der Waals surface area contributed by atoms with Crippen LogP contribution in [-0.4, -0.2) is 23.1 Å². The molecule has 0 N–H and O–H groups in total. The maximum Gasteiger partial charge on any atom is 0.193 e. The van der Waals surface area contributed by atoms with Crippen molar-refractivity contribution in [3.05, 3.63) is 333 Å². The van der Waals surface area contributed by atoms with Gasteiger partial charge >= 0.3 is 0 Å². The summed E-state index contributed by atoms with van der Waals surface area (Å²) in [6.07, 6.45) is 3.92. The lowest BCUT2D eigenvalue weighted by atomic mass is 10.0. The summed E-state index contributed by atoms with van der Waals surface area (Å²) in [6.45, 7) is 0.950. The first-order valence-corrected chi connectivity index (χ1v) is 25.5. The minimum atomic E-state index is -0.0519. The second-order valence-corrected chi connectivity index (χ2v) is 18.5. The topological polar surface area (TPSA) is 105 Å². The lowest BCUT2D eigenvalue weighted by Gasteiger charge is -2.13. The first-order chi connectivity index (χ1) is 38.3. The number of carbonyl (C=O) groups is 4. The fourth-order valence-electron chi connectivity index (χ4n) is 8.61. The Morgan fingerprint density at radius 1 is 0.244 bits per heavy atom. The average Bonchev–Trinajstić information content (AvgIpc) is 3.51. The minimum absolute atomic E-state index is 0.0519. The van der Waals surface area contributed by atoms with Crippen LogP contribution in [0.1, 0.15) is 97.1 Å². The van der Waals surface area contributed by atoms with Crippen LogP contribution < -0.4 is 18.9 Å². The van der Waals surface area contributed by atoms with E-state index in [2.05, 4.69) is 0 Å². The van der Waals surface area contributed by atoms with E-state index in [1.165, 1.54) is 0 Å². The second-order valence-electron chi connectivity index (χ2n) is 18.5. The molecular weight excluding hydrogens is 969 g/mol. The molecule has 0 amide bonds. The van der Waals surface area contributed by atoms with Gasteiger partial charge in [-0.1, -0.05) is 231 Å². The molecule has 0 aliphatic rings. The molecule has 0 fully saturated rings. The van der Waals surface area contributed by atoms with E-state index < -0.39 is 0 Å². The zero-order valence-electron chi connectivity index (χ0n) is 42.5. The van der Waals surface area contributed by atoms with Gasteiger partial charge in [-0.3, -0.25) is 19.2 Å². The van der Waals surface area contributed by atoms with Crippen LogP contribution in [0.4, 0.5) is 0 Å². The Kier molecular flexibility index (Phi) is 16.4. The summed E-state index contributed by atoms with van der Waals surface area (Å²) in [5, 5.41) is 0. The third-order valence-electron chi connectivity index (χ3n) is 12.9. The van der Waals surface area contributed by atoms with Crippen LogP contribution in [-0.2, 0) is 26.4 Å². The van der Waals surface area contributed by atoms with Crippen molar-refractivity contribution in [1.82, 2.24) is 0 Å². The molecule has 8 heteroatoms. The van der Waals surface area contributed by atoms with Crippen LogP contribution in [0.25, 0.3) is 12.2 Å². The molecule has 0 saturated heterocycles. The van der Waals surface area contributed by atoms with Crippen molar-refractivity contribution in [3.63, 3.8) is 0 Å². The number of carbonyl (C=O) groups excluding carboxylic acids is 4. The molecule has 0 radical (unpaired) electrons. The largest absolute Gasteiger partial charge is 0.489 e. The Morgan fingerprint density at radius 2 is 0.436 bits per heavy atom. The fraction of sp³-hybridized carbons (Fsp3) is 0.0571. The number of hydrogen-bond donors (Lipinski definition) is 0. The molecule has 0 saturated carbocycles. The van der Waals surface area contributed by atoms with Gasteiger partial charge in [-0.25, -0.2) is 0 Å². The highest BCUT2D eigenvalue weighted by atomic mass is 16.5. The average molecular weight is 1020 g/mol. The van der Waals surface area contributed by atoms with E-state index >= 15 is 0 Å². The maximum absolute atomic E-state index is 13.1. The van der Waals surface area contributed by atoms with Gasteiger partial charge in [0.25, 0.3) is 0 Å². The zero-order valence-corrected chi connectivity index (χ0v) is 42.5. The van der Waals surface area contributed by atoms with Gasteiger partial charge in [-0.15, -0.1) is 0 Å². The van der Waals surface area contributed by atoms with E-state index in [0.29, 0.717) is 67.5 Å². The van der Waals surface area contributed by atoms with Gasteiger partial charge in [0.15, 0.2) is 23.1 Å². The summed E-state index contributed by atoms with van der Waals surface area (Å²) in [5.41, 5.74) is 9.95. The smallest absolute Gasteiger partial charge is 0.193 e. The van der Waals surface area contributed by atoms with Gasteiger partial charge in [0.05, 0.1) is 0 Å². The van der Waals surface area contributed by atoms with Crippen molar-refractivity contribution >= 4 is 35.3 Å². The molecule has 10 aromatic rings. The summed E-state index contributed by atoms with van der Waals surface area (Å²) in [7, 11) is 0. The molecule has 0 atom stereocenters. The van der Waals surface area contributed by atoms with Crippen LogP contribution in [0, 0.1) is 0 Å². The Morgan fingerprint density at radius 3 is 0.641 bits per heavy atom. The van der Waals surface area contributed by atoms with Crippen molar-refractivity contribution in [2.45, 2.75) is 26.4 Å². The Bertz CT molecular complexity index is 3210. The van der Waals surface area contributed by atoms with E-state index in [1.807, 2.05) is 218 Å². The van der Waals surface area contributed by atoms with Crippen molar-refractivity contribution in [2.24, 2.45) is 0 Å². The first kappa shape index (κ1) is 51.3. The van der Waals surface area contributed by atoms with E-state index in [4.69, 9.17) is 18.9 Å². The van der Waals surface area contributed by atoms with Gasteiger partial charge in [-0.05, 0) is 57.6 Å². The standard InChI is InChI=1S/C70H52O8/c71-67(55-13-5-1-6-14-55)59-31-23-49(24-32-59)45-75-63-39-53(40-64(43-63)76-46-50-25-33-60(34-26-50)68(72)56-15-7-2-8-16-56)21-22-54-41-65(77-47-51-27-35-61(36-28-51)69(73)57-17-9-3-10-18-57)44-66(42-54)78-48-52-29-37-62(38-30-52)70(74)58-19-11-4-12-20-58/h1-44H,45-48H2/b22-21-. The molecule has 0 heterocycles. The maximum atomic E-state index is 13.1. The molecule has 0 spiro atoms. The summed E-state index contributed by atoms with van der Waals surface area (Å²) < 4.78 is 25.6. The van der Waals surface area contributed by atoms with Crippen LogP contribution in [0.5, 0.6) is 23.0 Å². The normalized spacial score (nSPS) is 10.9.